The van der Waals surface area contributed by atoms with Gasteiger partial charge in [0.2, 0.25) is 0 Å². The number of benzene rings is 3. The zero-order chi connectivity index (χ0) is 21.2. The predicted molar refractivity (Wildman–Crippen MR) is 111 cm³/mol. The van der Waals surface area contributed by atoms with Gasteiger partial charge in [-0.25, -0.2) is 9.59 Å². The molecule has 0 unspecified atom stereocenters. The van der Waals surface area contributed by atoms with Crippen molar-refractivity contribution in [1.82, 2.24) is 0 Å². The Hall–Kier alpha value is -3.80. The van der Waals surface area contributed by atoms with Crippen LogP contribution in [0.4, 0.5) is 0 Å². The molecule has 6 heteroatoms. The van der Waals surface area contributed by atoms with Crippen molar-refractivity contribution in [2.24, 2.45) is 0 Å². The zero-order valence-electron chi connectivity index (χ0n) is 16.6. The minimum Gasteiger partial charge on any atom is -0.490 e. The van der Waals surface area contributed by atoms with Crippen LogP contribution in [-0.4, -0.2) is 31.8 Å². The maximum absolute atomic E-state index is 12.4. The summed E-state index contributed by atoms with van der Waals surface area (Å²) in [4.78, 5) is 24.5. The zero-order valence-corrected chi connectivity index (χ0v) is 16.6. The van der Waals surface area contributed by atoms with Crippen LogP contribution in [-0.2, 0) is 9.53 Å². The van der Waals surface area contributed by atoms with Gasteiger partial charge in [-0.3, -0.25) is 0 Å². The third-order valence-corrected chi connectivity index (χ3v) is 4.01. The molecule has 0 N–H and O–H groups in total. The van der Waals surface area contributed by atoms with Crippen molar-refractivity contribution < 1.29 is 28.5 Å². The van der Waals surface area contributed by atoms with Gasteiger partial charge >= 0.3 is 11.9 Å². The average Bonchev–Trinajstić information content (AvgIpc) is 2.76. The van der Waals surface area contributed by atoms with Gasteiger partial charge in [0.15, 0.2) is 6.61 Å². The molecule has 0 atom stereocenters. The fourth-order valence-corrected chi connectivity index (χ4v) is 2.61. The standard InChI is InChI=1S/C24H22O6/c1-18-8-7-11-20(16-18)29-17-23(25)30-22-13-6-5-12-21(22)24(26)28-15-14-27-19-9-3-2-4-10-19/h2-13,16H,14-15,17H2,1H3. The van der Waals surface area contributed by atoms with E-state index in [9.17, 15) is 9.59 Å². The molecule has 0 bridgehead atoms. The van der Waals surface area contributed by atoms with Crippen LogP contribution in [0.1, 0.15) is 15.9 Å². The summed E-state index contributed by atoms with van der Waals surface area (Å²) in [5, 5.41) is 0. The normalized spacial score (nSPS) is 10.2. The van der Waals surface area contributed by atoms with Gasteiger partial charge in [0, 0.05) is 0 Å². The number of hydrogen-bond acceptors (Lipinski definition) is 6. The Balaban J connectivity index is 1.50. The van der Waals surface area contributed by atoms with Crippen LogP contribution in [0.3, 0.4) is 0 Å². The molecule has 0 spiro atoms. The molecule has 3 aromatic rings. The lowest BCUT2D eigenvalue weighted by Crippen LogP contribution is -2.20. The molecule has 3 aromatic carbocycles. The molecule has 0 aliphatic rings. The Morgan fingerprint density at radius 2 is 1.50 bits per heavy atom. The van der Waals surface area contributed by atoms with Crippen molar-refractivity contribution in [2.45, 2.75) is 6.92 Å². The summed E-state index contributed by atoms with van der Waals surface area (Å²) in [6.07, 6.45) is 0. The maximum Gasteiger partial charge on any atom is 0.349 e. The molecule has 0 radical (unpaired) electrons. The number of carbonyl (C=O) groups is 2. The molecule has 0 saturated heterocycles. The Morgan fingerprint density at radius 1 is 0.767 bits per heavy atom. The van der Waals surface area contributed by atoms with Crippen LogP contribution in [0.5, 0.6) is 17.2 Å². The van der Waals surface area contributed by atoms with Crippen LogP contribution >= 0.6 is 0 Å². The molecule has 0 aliphatic carbocycles. The van der Waals surface area contributed by atoms with Crippen LogP contribution < -0.4 is 14.2 Å². The highest BCUT2D eigenvalue weighted by Gasteiger charge is 2.16. The maximum atomic E-state index is 12.4. The lowest BCUT2D eigenvalue weighted by molar-refractivity contribution is -0.136. The SMILES string of the molecule is Cc1cccc(OCC(=O)Oc2ccccc2C(=O)OCCOc2ccccc2)c1. The molecule has 6 nitrogen and oxygen atoms in total. The molecule has 0 heterocycles. The molecule has 0 aromatic heterocycles. The molecule has 0 amide bonds. The van der Waals surface area contributed by atoms with Crippen molar-refractivity contribution in [2.75, 3.05) is 19.8 Å². The summed E-state index contributed by atoms with van der Waals surface area (Å²) >= 11 is 0. The predicted octanol–water partition coefficient (Wildman–Crippen LogP) is 4.22. The van der Waals surface area contributed by atoms with E-state index in [1.165, 1.54) is 12.1 Å². The first-order valence-corrected chi connectivity index (χ1v) is 9.46. The van der Waals surface area contributed by atoms with Gasteiger partial charge in [0.25, 0.3) is 0 Å². The summed E-state index contributed by atoms with van der Waals surface area (Å²) in [6, 6.07) is 23.0. The molecule has 0 aliphatic heterocycles. The molecule has 0 saturated carbocycles. The van der Waals surface area contributed by atoms with E-state index < -0.39 is 11.9 Å². The number of hydrogen-bond donors (Lipinski definition) is 0. The Morgan fingerprint density at radius 3 is 2.30 bits per heavy atom. The van der Waals surface area contributed by atoms with Gasteiger partial charge < -0.3 is 18.9 Å². The smallest absolute Gasteiger partial charge is 0.349 e. The van der Waals surface area contributed by atoms with Crippen molar-refractivity contribution in [3.63, 3.8) is 0 Å². The lowest BCUT2D eigenvalue weighted by atomic mass is 10.2. The summed E-state index contributed by atoms with van der Waals surface area (Å²) in [5.74, 6) is 0.151. The highest BCUT2D eigenvalue weighted by Crippen LogP contribution is 2.20. The summed E-state index contributed by atoms with van der Waals surface area (Å²) in [5.41, 5.74) is 1.17. The number of para-hydroxylation sites is 2. The monoisotopic (exact) mass is 406 g/mol. The summed E-state index contributed by atoms with van der Waals surface area (Å²) in [6.45, 7) is 1.92. The van der Waals surface area contributed by atoms with Gasteiger partial charge in [0.05, 0.1) is 0 Å². The van der Waals surface area contributed by atoms with Crippen molar-refractivity contribution >= 4 is 11.9 Å². The van der Waals surface area contributed by atoms with E-state index in [0.29, 0.717) is 11.5 Å². The molecular weight excluding hydrogens is 384 g/mol. The Bertz CT molecular complexity index is 984. The van der Waals surface area contributed by atoms with Crippen LogP contribution in [0.25, 0.3) is 0 Å². The summed E-state index contributed by atoms with van der Waals surface area (Å²) in [7, 11) is 0. The number of rotatable bonds is 9. The topological polar surface area (TPSA) is 71.1 Å². The lowest BCUT2D eigenvalue weighted by Gasteiger charge is -2.11. The first-order chi connectivity index (χ1) is 14.6. The van der Waals surface area contributed by atoms with E-state index in [4.69, 9.17) is 18.9 Å². The number of carbonyl (C=O) groups excluding carboxylic acids is 2. The van der Waals surface area contributed by atoms with E-state index in [1.54, 1.807) is 18.2 Å². The Kier molecular flexibility index (Phi) is 7.44. The van der Waals surface area contributed by atoms with E-state index in [0.717, 1.165) is 5.56 Å². The summed E-state index contributed by atoms with van der Waals surface area (Å²) < 4.78 is 21.5. The number of aryl methyl sites for hydroxylation is 1. The van der Waals surface area contributed by atoms with Crippen molar-refractivity contribution in [1.29, 1.82) is 0 Å². The van der Waals surface area contributed by atoms with Crippen molar-refractivity contribution in [3.8, 4) is 17.2 Å². The molecule has 30 heavy (non-hydrogen) atoms. The first-order valence-electron chi connectivity index (χ1n) is 9.46. The van der Waals surface area contributed by atoms with E-state index >= 15 is 0 Å². The highest BCUT2D eigenvalue weighted by atomic mass is 16.6. The van der Waals surface area contributed by atoms with Gasteiger partial charge in [0.1, 0.15) is 36.0 Å². The van der Waals surface area contributed by atoms with Crippen LogP contribution in [0.2, 0.25) is 0 Å². The van der Waals surface area contributed by atoms with E-state index in [1.807, 2.05) is 55.5 Å². The highest BCUT2D eigenvalue weighted by molar-refractivity contribution is 5.93. The van der Waals surface area contributed by atoms with E-state index in [2.05, 4.69) is 0 Å². The van der Waals surface area contributed by atoms with E-state index in [-0.39, 0.29) is 31.1 Å². The second kappa shape index (κ2) is 10.7. The number of ether oxygens (including phenoxy) is 4. The minimum atomic E-state index is -0.621. The van der Waals surface area contributed by atoms with Gasteiger partial charge in [-0.2, -0.15) is 0 Å². The van der Waals surface area contributed by atoms with Crippen LogP contribution in [0.15, 0.2) is 78.9 Å². The average molecular weight is 406 g/mol. The minimum absolute atomic E-state index is 0.0620. The third-order valence-electron chi connectivity index (χ3n) is 4.01. The van der Waals surface area contributed by atoms with Gasteiger partial charge in [-0.15, -0.1) is 0 Å². The second-order valence-electron chi connectivity index (χ2n) is 6.37. The molecule has 154 valence electrons. The van der Waals surface area contributed by atoms with Crippen molar-refractivity contribution in [3.05, 3.63) is 90.0 Å². The molecule has 0 fully saturated rings. The van der Waals surface area contributed by atoms with Crippen LogP contribution in [0, 0.1) is 6.92 Å². The largest absolute Gasteiger partial charge is 0.490 e. The van der Waals surface area contributed by atoms with Gasteiger partial charge in [-0.05, 0) is 48.9 Å². The number of esters is 2. The first kappa shape index (κ1) is 20.9. The third kappa shape index (κ3) is 6.38. The fourth-order valence-electron chi connectivity index (χ4n) is 2.61. The quantitative estimate of drug-likeness (QED) is 0.301. The molecule has 3 rings (SSSR count). The fraction of sp³-hybridized carbons (Fsp3) is 0.167. The molecular formula is C24H22O6. The van der Waals surface area contributed by atoms with Gasteiger partial charge in [-0.1, -0.05) is 42.5 Å². The second-order valence-corrected chi connectivity index (χ2v) is 6.37. The Labute approximate surface area is 175 Å².